The lowest BCUT2D eigenvalue weighted by Gasteiger charge is -2.28. The Labute approximate surface area is 246 Å². The maximum atomic E-state index is 15.6. The van der Waals surface area contributed by atoms with E-state index in [-0.39, 0.29) is 5.75 Å². The van der Waals surface area contributed by atoms with E-state index in [1.165, 1.54) is 6.07 Å². The molecule has 0 bridgehead atoms. The van der Waals surface area contributed by atoms with Gasteiger partial charge in [-0.25, -0.2) is 23.7 Å². The summed E-state index contributed by atoms with van der Waals surface area (Å²) in [6.07, 6.45) is 0.00137. The lowest BCUT2D eigenvalue weighted by atomic mass is 9.91. The number of hydrogen-bond donors (Lipinski definition) is 1. The Morgan fingerprint density at radius 1 is 1.19 bits per heavy atom. The molecule has 1 atom stereocenters. The highest BCUT2D eigenvalue weighted by Gasteiger charge is 2.35. The van der Waals surface area contributed by atoms with Crippen molar-refractivity contribution in [1.82, 2.24) is 24.1 Å². The number of aryl methyl sites for hydroxylation is 2. The fourth-order valence-corrected chi connectivity index (χ4v) is 5.87. The van der Waals surface area contributed by atoms with E-state index in [4.69, 9.17) is 36.1 Å². The van der Waals surface area contributed by atoms with Crippen LogP contribution in [0.5, 0.6) is 5.75 Å². The Bertz CT molecular complexity index is 1910. The van der Waals surface area contributed by atoms with Crippen LogP contribution < -0.4 is 4.74 Å². The Morgan fingerprint density at radius 2 is 1.95 bits per heavy atom. The molecule has 0 saturated carbocycles. The van der Waals surface area contributed by atoms with E-state index in [9.17, 15) is 9.90 Å². The maximum absolute atomic E-state index is 15.6. The zero-order chi connectivity index (χ0) is 30.1. The molecule has 1 aliphatic heterocycles. The Morgan fingerprint density at radius 3 is 2.67 bits per heavy atom. The van der Waals surface area contributed by atoms with E-state index in [0.29, 0.717) is 63.2 Å². The van der Waals surface area contributed by atoms with Crippen LogP contribution in [0.2, 0.25) is 5.02 Å². The van der Waals surface area contributed by atoms with Gasteiger partial charge in [-0.15, -0.1) is 0 Å². The third kappa shape index (κ3) is 4.68. The topological polar surface area (TPSA) is 104 Å². The van der Waals surface area contributed by atoms with Crippen molar-refractivity contribution in [2.45, 2.75) is 59.2 Å². The van der Waals surface area contributed by atoms with Gasteiger partial charge in [0.05, 0.1) is 28.9 Å². The number of nitrogens with zero attached hydrogens (tertiary/aromatic N) is 5. The molecular formula is C31H31ClFN5O4. The molecule has 0 radical (unpaired) electrons. The summed E-state index contributed by atoms with van der Waals surface area (Å²) < 4.78 is 30.8. The van der Waals surface area contributed by atoms with Crippen molar-refractivity contribution in [2.24, 2.45) is 7.05 Å². The van der Waals surface area contributed by atoms with Crippen molar-refractivity contribution >= 4 is 34.3 Å². The van der Waals surface area contributed by atoms with Gasteiger partial charge in [0.2, 0.25) is 0 Å². The van der Waals surface area contributed by atoms with Crippen LogP contribution in [-0.2, 0) is 23.0 Å². The molecule has 5 aromatic rings. The largest absolute Gasteiger partial charge is 0.490 e. The number of benzene rings is 2. The summed E-state index contributed by atoms with van der Waals surface area (Å²) in [4.78, 5) is 22.3. The van der Waals surface area contributed by atoms with Gasteiger partial charge in [-0.1, -0.05) is 11.6 Å². The molecule has 0 saturated heterocycles. The van der Waals surface area contributed by atoms with Gasteiger partial charge in [-0.2, -0.15) is 5.10 Å². The highest BCUT2D eigenvalue weighted by molar-refractivity contribution is 6.31. The number of carboxylic acid groups (broad SMARTS) is 1. The molecule has 0 fully saturated rings. The number of halogens is 2. The first kappa shape index (κ1) is 28.1. The maximum Gasteiger partial charge on any atom is 0.337 e. The van der Waals surface area contributed by atoms with Crippen LogP contribution in [0.15, 0.2) is 30.3 Å². The Balaban J connectivity index is 1.68. The number of ether oxygens (including phenoxy) is 2. The first-order valence-electron chi connectivity index (χ1n) is 13.7. The molecule has 4 heterocycles. The zero-order valence-electron chi connectivity index (χ0n) is 24.2. The molecule has 3 aromatic heterocycles. The van der Waals surface area contributed by atoms with E-state index in [0.717, 1.165) is 23.1 Å². The van der Waals surface area contributed by atoms with E-state index < -0.39 is 23.5 Å². The molecule has 218 valence electrons. The summed E-state index contributed by atoms with van der Waals surface area (Å²) in [5, 5.41) is 15.9. The number of imidazole rings is 1. The minimum Gasteiger partial charge on any atom is -0.490 e. The van der Waals surface area contributed by atoms with Crippen molar-refractivity contribution in [2.75, 3.05) is 6.61 Å². The molecule has 0 aliphatic carbocycles. The minimum atomic E-state index is -1.39. The number of carboxylic acids is 1. The van der Waals surface area contributed by atoms with Crippen LogP contribution in [0, 0.1) is 19.7 Å². The second-order valence-electron chi connectivity index (χ2n) is 11.6. The second-order valence-corrected chi connectivity index (χ2v) is 12.1. The average Bonchev–Trinajstić information content (AvgIpc) is 3.48. The molecule has 1 N–H and O–H groups in total. The molecule has 2 aromatic carbocycles. The predicted octanol–water partition coefficient (Wildman–Crippen LogP) is 6.63. The van der Waals surface area contributed by atoms with Gasteiger partial charge in [0.15, 0.2) is 29.1 Å². The van der Waals surface area contributed by atoms with Crippen LogP contribution in [0.4, 0.5) is 4.39 Å². The number of hydrogen-bond acceptors (Lipinski definition) is 6. The monoisotopic (exact) mass is 591 g/mol. The highest BCUT2D eigenvalue weighted by atomic mass is 35.5. The van der Waals surface area contributed by atoms with Gasteiger partial charge in [-0.3, -0.25) is 0 Å². The number of rotatable bonds is 5. The average molecular weight is 592 g/mol. The van der Waals surface area contributed by atoms with Crippen molar-refractivity contribution < 1.29 is 23.8 Å². The Kier molecular flexibility index (Phi) is 6.74. The normalized spacial score (nSPS) is 14.3. The highest BCUT2D eigenvalue weighted by Crippen LogP contribution is 2.42. The molecule has 6 rings (SSSR count). The van der Waals surface area contributed by atoms with Gasteiger partial charge in [0, 0.05) is 40.5 Å². The summed E-state index contributed by atoms with van der Waals surface area (Å²) in [7, 11) is 1.88. The quantitative estimate of drug-likeness (QED) is 0.245. The fraction of sp³-hybridized carbons (Fsp3) is 0.355. The van der Waals surface area contributed by atoms with E-state index in [2.05, 4.69) is 0 Å². The molecule has 9 nitrogen and oxygen atoms in total. The van der Waals surface area contributed by atoms with Crippen LogP contribution >= 0.6 is 11.6 Å². The summed E-state index contributed by atoms with van der Waals surface area (Å²) >= 11 is 6.21. The van der Waals surface area contributed by atoms with Crippen LogP contribution in [-0.4, -0.2) is 47.4 Å². The third-order valence-electron chi connectivity index (χ3n) is 7.55. The van der Waals surface area contributed by atoms with Crippen LogP contribution in [0.1, 0.15) is 55.7 Å². The van der Waals surface area contributed by atoms with E-state index in [1.54, 1.807) is 50.4 Å². The van der Waals surface area contributed by atoms with Crippen LogP contribution in [0.25, 0.3) is 39.5 Å². The summed E-state index contributed by atoms with van der Waals surface area (Å²) in [6.45, 7) is 9.43. The second kappa shape index (κ2) is 10.1. The van der Waals surface area contributed by atoms with Gasteiger partial charge in [0.1, 0.15) is 5.69 Å². The zero-order valence-corrected chi connectivity index (χ0v) is 25.0. The summed E-state index contributed by atoms with van der Waals surface area (Å²) in [6, 6.07) is 8.65. The smallest absolute Gasteiger partial charge is 0.337 e. The third-order valence-corrected chi connectivity index (χ3v) is 7.79. The number of aromatic nitrogens is 5. The van der Waals surface area contributed by atoms with Crippen molar-refractivity contribution in [3.05, 3.63) is 63.6 Å². The van der Waals surface area contributed by atoms with Crippen molar-refractivity contribution in [1.29, 1.82) is 0 Å². The van der Waals surface area contributed by atoms with Crippen LogP contribution in [0.3, 0.4) is 0 Å². The first-order valence-corrected chi connectivity index (χ1v) is 14.1. The fourth-order valence-electron chi connectivity index (χ4n) is 5.71. The number of aliphatic carboxylic acids is 1. The first-order chi connectivity index (χ1) is 19.8. The van der Waals surface area contributed by atoms with Gasteiger partial charge < -0.3 is 19.1 Å². The molecule has 1 unspecified atom stereocenters. The molecule has 0 spiro atoms. The standard InChI is InChI=1S/C31H31ClFN5O4/c1-15-18-8-7-11-41-27(18)20(33)13-19(15)26-25(28(30(39)40)42-31(3,4)5)16(2)34-24-14-22(36-38(24)26)29-35-21-12-17(32)9-10-23(21)37(29)6/h9-10,12-14,28H,7-8,11H2,1-6H3,(H,39,40). The molecule has 11 heteroatoms. The SMILES string of the molecule is Cc1nc2cc(-c3nc4cc(Cl)ccc4n3C)nn2c(-c2cc(F)c3c(c2C)CCCO3)c1C(OC(C)(C)C)C(=O)O. The lowest BCUT2D eigenvalue weighted by molar-refractivity contribution is -0.160. The molecule has 42 heavy (non-hydrogen) atoms. The van der Waals surface area contributed by atoms with Gasteiger partial charge in [-0.05, 0) is 77.3 Å². The van der Waals surface area contributed by atoms with Crippen molar-refractivity contribution in [3.63, 3.8) is 0 Å². The summed E-state index contributed by atoms with van der Waals surface area (Å²) in [5.74, 6) is -0.881. The Hall–Kier alpha value is -4.02. The molecule has 0 amide bonds. The number of carbonyl (C=O) groups is 1. The van der Waals surface area contributed by atoms with E-state index in [1.807, 2.05) is 24.6 Å². The number of fused-ring (bicyclic) bond motifs is 3. The van der Waals surface area contributed by atoms with Gasteiger partial charge in [0.25, 0.3) is 0 Å². The molecular weight excluding hydrogens is 561 g/mol. The van der Waals surface area contributed by atoms with E-state index >= 15 is 4.39 Å². The van der Waals surface area contributed by atoms with Gasteiger partial charge >= 0.3 is 5.97 Å². The lowest BCUT2D eigenvalue weighted by Crippen LogP contribution is -2.29. The summed E-state index contributed by atoms with van der Waals surface area (Å²) in [5.41, 5.74) is 4.92. The predicted molar refractivity (Wildman–Crippen MR) is 158 cm³/mol. The minimum absolute atomic E-state index is 0.242. The molecule has 1 aliphatic rings. The van der Waals surface area contributed by atoms with Crippen molar-refractivity contribution in [3.8, 4) is 28.5 Å².